The zero-order valence-corrected chi connectivity index (χ0v) is 6.35. The summed E-state index contributed by atoms with van der Waals surface area (Å²) in [7, 11) is 0. The maximum atomic E-state index is 10.8. The maximum absolute atomic E-state index is 10.8. The fraction of sp³-hybridized carbons (Fsp3) is 0.143. The van der Waals surface area contributed by atoms with Gasteiger partial charge in [-0.15, -0.1) is 0 Å². The lowest BCUT2D eigenvalue weighted by atomic mass is 10.2. The molecule has 0 radical (unpaired) electrons. The molecule has 3 nitrogen and oxygen atoms in total. The number of hydrogen-bond donors (Lipinski definition) is 1. The number of H-pyrrole nitrogens is 1. The van der Waals surface area contributed by atoms with Gasteiger partial charge in [-0.25, -0.2) is 0 Å². The molecule has 0 saturated heterocycles. The van der Waals surface area contributed by atoms with Gasteiger partial charge in [0.15, 0.2) is 0 Å². The van der Waals surface area contributed by atoms with Crippen molar-refractivity contribution in [3.8, 4) is 6.07 Å². The van der Waals surface area contributed by atoms with E-state index in [0.29, 0.717) is 5.56 Å². The van der Waals surface area contributed by atoms with Crippen molar-refractivity contribution in [3.05, 3.63) is 33.2 Å². The van der Waals surface area contributed by atoms with Gasteiger partial charge < -0.3 is 4.98 Å². The molecule has 0 aliphatic heterocycles. The van der Waals surface area contributed by atoms with Crippen LogP contribution >= 0.6 is 11.6 Å². The normalized spacial score (nSPS) is 9.09. The number of pyridine rings is 1. The van der Waals surface area contributed by atoms with E-state index < -0.39 is 0 Å². The molecule has 1 heterocycles. The molecule has 1 aromatic rings. The van der Waals surface area contributed by atoms with E-state index in [1.807, 2.05) is 6.07 Å². The van der Waals surface area contributed by atoms with Crippen molar-refractivity contribution < 1.29 is 0 Å². The Bertz CT molecular complexity index is 350. The number of aromatic amines is 1. The van der Waals surface area contributed by atoms with E-state index >= 15 is 0 Å². The molecule has 1 N–H and O–H groups in total. The maximum Gasteiger partial charge on any atom is 0.267 e. The monoisotopic (exact) mass is 168 g/mol. The number of nitriles is 1. The molecule has 0 unspecified atom stereocenters. The average molecular weight is 169 g/mol. The van der Waals surface area contributed by atoms with Crippen LogP contribution in [-0.4, -0.2) is 4.98 Å². The van der Waals surface area contributed by atoms with Crippen LogP contribution in [0.25, 0.3) is 0 Å². The molecule has 0 saturated carbocycles. The summed E-state index contributed by atoms with van der Waals surface area (Å²) in [5.41, 5.74) is 0.220. The van der Waals surface area contributed by atoms with E-state index in [9.17, 15) is 4.79 Å². The van der Waals surface area contributed by atoms with Crippen LogP contribution in [-0.2, 0) is 6.42 Å². The molecule has 0 amide bonds. The number of halogens is 1. The summed E-state index contributed by atoms with van der Waals surface area (Å²) in [6.45, 7) is 0. The molecule has 0 spiro atoms. The van der Waals surface area contributed by atoms with E-state index in [-0.39, 0.29) is 17.0 Å². The molecule has 1 aromatic heterocycles. The first-order valence-corrected chi connectivity index (χ1v) is 3.36. The minimum Gasteiger partial charge on any atom is -0.328 e. The van der Waals surface area contributed by atoms with Gasteiger partial charge in [0.1, 0.15) is 5.02 Å². The second-order valence-electron chi connectivity index (χ2n) is 1.98. The van der Waals surface area contributed by atoms with Gasteiger partial charge in [0.25, 0.3) is 5.56 Å². The molecule has 56 valence electrons. The van der Waals surface area contributed by atoms with Crippen molar-refractivity contribution in [2.24, 2.45) is 0 Å². The standard InChI is InChI=1S/C7H5ClN2O/c8-6-5(1-3-9)2-4-10-7(6)11/h2,4H,1H2,(H,10,11). The zero-order chi connectivity index (χ0) is 8.27. The van der Waals surface area contributed by atoms with Gasteiger partial charge >= 0.3 is 0 Å². The number of rotatable bonds is 1. The van der Waals surface area contributed by atoms with Crippen molar-refractivity contribution in [3.63, 3.8) is 0 Å². The van der Waals surface area contributed by atoms with E-state index in [0.717, 1.165) is 0 Å². The fourth-order valence-corrected chi connectivity index (χ4v) is 0.906. The highest BCUT2D eigenvalue weighted by molar-refractivity contribution is 6.31. The third-order valence-electron chi connectivity index (χ3n) is 1.25. The molecule has 0 aromatic carbocycles. The van der Waals surface area contributed by atoms with Gasteiger partial charge in [0.2, 0.25) is 0 Å². The van der Waals surface area contributed by atoms with Gasteiger partial charge in [-0.2, -0.15) is 5.26 Å². The van der Waals surface area contributed by atoms with E-state index in [2.05, 4.69) is 4.98 Å². The Morgan fingerprint density at radius 3 is 3.09 bits per heavy atom. The van der Waals surface area contributed by atoms with Crippen molar-refractivity contribution in [1.82, 2.24) is 4.98 Å². The van der Waals surface area contributed by atoms with Gasteiger partial charge in [-0.1, -0.05) is 11.6 Å². The van der Waals surface area contributed by atoms with E-state index in [1.165, 1.54) is 6.20 Å². The largest absolute Gasteiger partial charge is 0.328 e. The van der Waals surface area contributed by atoms with Gasteiger partial charge in [-0.05, 0) is 11.6 Å². The Hall–Kier alpha value is -1.27. The topological polar surface area (TPSA) is 56.6 Å². The van der Waals surface area contributed by atoms with Crippen molar-refractivity contribution in [2.75, 3.05) is 0 Å². The van der Waals surface area contributed by atoms with E-state index in [1.54, 1.807) is 6.07 Å². The Labute approximate surface area is 68.2 Å². The third kappa shape index (κ3) is 1.60. The highest BCUT2D eigenvalue weighted by Crippen LogP contribution is 2.08. The van der Waals surface area contributed by atoms with Crippen LogP contribution < -0.4 is 5.56 Å². The Morgan fingerprint density at radius 2 is 2.45 bits per heavy atom. The number of nitrogens with one attached hydrogen (secondary N) is 1. The second kappa shape index (κ2) is 3.22. The van der Waals surface area contributed by atoms with Crippen molar-refractivity contribution >= 4 is 11.6 Å². The predicted octanol–water partition coefficient (Wildman–Crippen LogP) is 1.09. The lowest BCUT2D eigenvalue weighted by Gasteiger charge is -1.94. The van der Waals surface area contributed by atoms with Crippen LogP contribution in [0.5, 0.6) is 0 Å². The molecule has 1 rings (SSSR count). The van der Waals surface area contributed by atoms with Crippen molar-refractivity contribution in [2.45, 2.75) is 6.42 Å². The lowest BCUT2D eigenvalue weighted by Crippen LogP contribution is -2.07. The van der Waals surface area contributed by atoms with Crippen LogP contribution in [0.3, 0.4) is 0 Å². The van der Waals surface area contributed by atoms with Crippen LogP contribution in [0.15, 0.2) is 17.1 Å². The Morgan fingerprint density at radius 1 is 1.73 bits per heavy atom. The number of nitrogens with zero attached hydrogens (tertiary/aromatic N) is 1. The first kappa shape index (κ1) is 7.83. The smallest absolute Gasteiger partial charge is 0.267 e. The molecule has 11 heavy (non-hydrogen) atoms. The van der Waals surface area contributed by atoms with E-state index in [4.69, 9.17) is 16.9 Å². The fourth-order valence-electron chi connectivity index (χ4n) is 0.722. The predicted molar refractivity (Wildman–Crippen MR) is 41.4 cm³/mol. The number of hydrogen-bond acceptors (Lipinski definition) is 2. The van der Waals surface area contributed by atoms with Crippen molar-refractivity contribution in [1.29, 1.82) is 5.26 Å². The molecular formula is C7H5ClN2O. The number of aromatic nitrogens is 1. The highest BCUT2D eigenvalue weighted by Gasteiger charge is 2.01. The summed E-state index contributed by atoms with van der Waals surface area (Å²) in [4.78, 5) is 13.2. The summed E-state index contributed by atoms with van der Waals surface area (Å²) in [5, 5.41) is 8.42. The lowest BCUT2D eigenvalue weighted by molar-refractivity contribution is 1.17. The minimum atomic E-state index is -0.348. The first-order valence-electron chi connectivity index (χ1n) is 2.98. The van der Waals surface area contributed by atoms with Crippen LogP contribution in [0, 0.1) is 11.3 Å². The highest BCUT2D eigenvalue weighted by atomic mass is 35.5. The molecule has 0 fully saturated rings. The summed E-state index contributed by atoms with van der Waals surface area (Å²) < 4.78 is 0. The molecule has 0 aliphatic carbocycles. The van der Waals surface area contributed by atoms with Crippen LogP contribution in [0.2, 0.25) is 5.02 Å². The summed E-state index contributed by atoms with van der Waals surface area (Å²) in [6, 6.07) is 3.53. The Kier molecular flexibility index (Phi) is 2.29. The quantitative estimate of drug-likeness (QED) is 0.683. The summed E-state index contributed by atoms with van der Waals surface area (Å²) in [5.74, 6) is 0. The Balaban J connectivity index is 3.19. The SMILES string of the molecule is N#CCc1cc[nH]c(=O)c1Cl. The van der Waals surface area contributed by atoms with Gasteiger partial charge in [0, 0.05) is 6.20 Å². The first-order chi connectivity index (χ1) is 5.25. The second-order valence-corrected chi connectivity index (χ2v) is 2.36. The molecular weight excluding hydrogens is 164 g/mol. The average Bonchev–Trinajstić information content (AvgIpc) is 1.99. The molecule has 4 heteroatoms. The van der Waals surface area contributed by atoms with Gasteiger partial charge in [0.05, 0.1) is 12.5 Å². The van der Waals surface area contributed by atoms with Crippen LogP contribution in [0.4, 0.5) is 0 Å². The minimum absolute atomic E-state index is 0.106. The molecule has 0 atom stereocenters. The summed E-state index contributed by atoms with van der Waals surface area (Å²) in [6.07, 6.45) is 1.64. The third-order valence-corrected chi connectivity index (χ3v) is 1.66. The zero-order valence-electron chi connectivity index (χ0n) is 5.60. The van der Waals surface area contributed by atoms with Crippen LogP contribution in [0.1, 0.15) is 5.56 Å². The summed E-state index contributed by atoms with van der Waals surface area (Å²) >= 11 is 5.58. The molecule has 0 bridgehead atoms. The van der Waals surface area contributed by atoms with Gasteiger partial charge in [-0.3, -0.25) is 4.79 Å². The molecule has 0 aliphatic rings.